The third-order valence-electron chi connectivity index (χ3n) is 11.1. The second-order valence-electron chi connectivity index (χ2n) is 14.4. The van der Waals surface area contributed by atoms with Gasteiger partial charge in [-0.25, -0.2) is 15.0 Å². The van der Waals surface area contributed by atoms with Gasteiger partial charge in [0.1, 0.15) is 0 Å². The van der Waals surface area contributed by atoms with E-state index >= 15 is 0 Å². The van der Waals surface area contributed by atoms with Crippen molar-refractivity contribution in [2.24, 2.45) is 0 Å². The summed E-state index contributed by atoms with van der Waals surface area (Å²) in [5.74, 6) is 1.97. The van der Waals surface area contributed by atoms with E-state index in [4.69, 9.17) is 15.0 Å². The van der Waals surface area contributed by atoms with Crippen LogP contribution in [0.5, 0.6) is 0 Å². The molecule has 0 saturated heterocycles. The molecule has 4 nitrogen and oxygen atoms in total. The molecule has 0 spiro atoms. The lowest BCUT2D eigenvalue weighted by atomic mass is 10.0. The topological polar surface area (TPSA) is 43.6 Å². The largest absolute Gasteiger partial charge is 0.309 e. The second-order valence-corrected chi connectivity index (χ2v) is 16.6. The van der Waals surface area contributed by atoms with Crippen LogP contribution in [-0.4, -0.2) is 19.5 Å². The zero-order valence-electron chi connectivity index (χ0n) is 30.4. The highest BCUT2D eigenvalue weighted by Gasteiger charge is 2.17. The van der Waals surface area contributed by atoms with Gasteiger partial charge in [0.2, 0.25) is 0 Å². The molecule has 0 aliphatic heterocycles. The zero-order chi connectivity index (χ0) is 37.5. The maximum atomic E-state index is 5.15. The quantitative estimate of drug-likeness (QED) is 0.175. The highest BCUT2D eigenvalue weighted by molar-refractivity contribution is 7.26. The average molecular weight is 763 g/mol. The minimum absolute atomic E-state index is 0.647. The number of hydrogen-bond donors (Lipinski definition) is 0. The van der Waals surface area contributed by atoms with Crippen LogP contribution in [0.4, 0.5) is 0 Å². The molecule has 0 fully saturated rings. The first kappa shape index (κ1) is 32.3. The summed E-state index contributed by atoms with van der Waals surface area (Å²) >= 11 is 3.61. The maximum Gasteiger partial charge on any atom is 0.164 e. The minimum Gasteiger partial charge on any atom is -0.309 e. The Bertz CT molecular complexity index is 3390. The Labute approximate surface area is 335 Å². The number of nitrogens with zero attached hydrogens (tertiary/aromatic N) is 4. The molecular weight excluding hydrogens is 733 g/mol. The van der Waals surface area contributed by atoms with Crippen LogP contribution in [0, 0.1) is 0 Å². The van der Waals surface area contributed by atoms with E-state index in [2.05, 4.69) is 187 Å². The molecule has 0 N–H and O–H groups in total. The molecule has 12 rings (SSSR count). The van der Waals surface area contributed by atoms with Gasteiger partial charge in [0.25, 0.3) is 0 Å². The summed E-state index contributed by atoms with van der Waals surface area (Å²) in [5.41, 5.74) is 8.70. The standard InChI is InChI=1S/C51H30N4S2/c1-2-10-36(11-3-1)55-43-15-7-4-12-37(43)38-25-22-33(28-44(38)55)31-18-20-32(21-19-31)49-52-50(34-23-26-41-39-13-5-8-16-45(39)56-47(41)29-34)54-51(53-49)35-24-27-42-40-14-6-9-17-46(40)57-48(42)30-35/h1-30H. The van der Waals surface area contributed by atoms with E-state index in [0.29, 0.717) is 17.5 Å². The Kier molecular flexibility index (Phi) is 7.24. The van der Waals surface area contributed by atoms with E-state index in [-0.39, 0.29) is 0 Å². The number of aromatic nitrogens is 4. The smallest absolute Gasteiger partial charge is 0.164 e. The van der Waals surface area contributed by atoms with Gasteiger partial charge in [-0.2, -0.15) is 0 Å². The minimum atomic E-state index is 0.647. The van der Waals surface area contributed by atoms with Crippen molar-refractivity contribution in [3.05, 3.63) is 182 Å². The molecule has 0 saturated carbocycles. The Morgan fingerprint density at radius 2 is 0.737 bits per heavy atom. The molecule has 4 heterocycles. The zero-order valence-corrected chi connectivity index (χ0v) is 32.1. The summed E-state index contributed by atoms with van der Waals surface area (Å²) in [6.45, 7) is 0. The van der Waals surface area contributed by atoms with Crippen molar-refractivity contribution in [1.82, 2.24) is 19.5 Å². The fourth-order valence-corrected chi connectivity index (χ4v) is 10.6. The Morgan fingerprint density at radius 3 is 1.37 bits per heavy atom. The van der Waals surface area contributed by atoms with E-state index in [1.807, 2.05) is 0 Å². The molecule has 0 aliphatic carbocycles. The number of benzene rings is 8. The van der Waals surface area contributed by atoms with Crippen molar-refractivity contribution in [2.45, 2.75) is 0 Å². The van der Waals surface area contributed by atoms with Crippen molar-refractivity contribution in [3.8, 4) is 51.0 Å². The summed E-state index contributed by atoms with van der Waals surface area (Å²) in [6, 6.07) is 65.0. The van der Waals surface area contributed by atoms with Gasteiger partial charge in [-0.1, -0.05) is 133 Å². The third kappa shape index (κ3) is 5.30. The number of rotatable bonds is 5. The van der Waals surface area contributed by atoms with Crippen molar-refractivity contribution < 1.29 is 0 Å². The first-order valence-corrected chi connectivity index (χ1v) is 20.6. The third-order valence-corrected chi connectivity index (χ3v) is 13.3. The van der Waals surface area contributed by atoms with Crippen molar-refractivity contribution >= 4 is 84.8 Å². The van der Waals surface area contributed by atoms with E-state index in [0.717, 1.165) is 33.5 Å². The SMILES string of the molecule is c1ccc(-n2c3ccccc3c3ccc(-c4ccc(-c5nc(-c6ccc7c(c6)sc6ccccc67)nc(-c6ccc7c(c6)sc6ccccc67)n5)cc4)cc32)cc1. The van der Waals surface area contributed by atoms with Crippen molar-refractivity contribution in [2.75, 3.05) is 0 Å². The monoisotopic (exact) mass is 762 g/mol. The molecule has 0 aliphatic rings. The lowest BCUT2D eigenvalue weighted by Gasteiger charge is -2.10. The maximum absolute atomic E-state index is 5.15. The fourth-order valence-electron chi connectivity index (χ4n) is 8.31. The molecule has 0 radical (unpaired) electrons. The molecule has 0 unspecified atom stereocenters. The first-order chi connectivity index (χ1) is 28.2. The molecule has 0 bridgehead atoms. The number of para-hydroxylation sites is 2. The van der Waals surface area contributed by atoms with Gasteiger partial charge in [0, 0.05) is 73.5 Å². The predicted molar refractivity (Wildman–Crippen MR) is 242 cm³/mol. The highest BCUT2D eigenvalue weighted by atomic mass is 32.1. The Morgan fingerprint density at radius 1 is 0.298 bits per heavy atom. The number of fused-ring (bicyclic) bond motifs is 9. The van der Waals surface area contributed by atoms with Crippen LogP contribution >= 0.6 is 22.7 Å². The fraction of sp³-hybridized carbons (Fsp3) is 0. The van der Waals surface area contributed by atoms with Gasteiger partial charge in [0.15, 0.2) is 17.5 Å². The summed E-state index contributed by atoms with van der Waals surface area (Å²) < 4.78 is 7.36. The van der Waals surface area contributed by atoms with Crippen molar-refractivity contribution in [1.29, 1.82) is 0 Å². The average Bonchev–Trinajstić information content (AvgIpc) is 3.95. The highest BCUT2D eigenvalue weighted by Crippen LogP contribution is 2.39. The lowest BCUT2D eigenvalue weighted by molar-refractivity contribution is 1.08. The Balaban J connectivity index is 0.983. The first-order valence-electron chi connectivity index (χ1n) is 19.0. The summed E-state index contributed by atoms with van der Waals surface area (Å²) in [6.07, 6.45) is 0. The predicted octanol–water partition coefficient (Wildman–Crippen LogP) is 14.4. The van der Waals surface area contributed by atoms with E-state index in [1.54, 1.807) is 22.7 Å². The molecule has 266 valence electrons. The summed E-state index contributed by atoms with van der Waals surface area (Å²) in [4.78, 5) is 15.5. The molecular formula is C51H30N4S2. The molecule has 57 heavy (non-hydrogen) atoms. The van der Waals surface area contributed by atoms with Crippen molar-refractivity contribution in [3.63, 3.8) is 0 Å². The molecule has 12 aromatic rings. The normalized spacial score (nSPS) is 11.9. The van der Waals surface area contributed by atoms with Gasteiger partial charge in [-0.15, -0.1) is 22.7 Å². The van der Waals surface area contributed by atoms with Crippen LogP contribution in [-0.2, 0) is 0 Å². The van der Waals surface area contributed by atoms with Gasteiger partial charge in [-0.3, -0.25) is 0 Å². The van der Waals surface area contributed by atoms with Gasteiger partial charge in [0.05, 0.1) is 11.0 Å². The summed E-state index contributed by atoms with van der Waals surface area (Å²) in [5, 5.41) is 7.54. The van der Waals surface area contributed by atoms with Gasteiger partial charge < -0.3 is 4.57 Å². The van der Waals surface area contributed by atoms with Crippen LogP contribution in [0.15, 0.2) is 182 Å². The van der Waals surface area contributed by atoms with Crippen LogP contribution in [0.3, 0.4) is 0 Å². The van der Waals surface area contributed by atoms with E-state index < -0.39 is 0 Å². The number of thiophene rings is 2. The van der Waals surface area contributed by atoms with Crippen LogP contribution in [0.2, 0.25) is 0 Å². The van der Waals surface area contributed by atoms with Crippen LogP contribution in [0.25, 0.3) is 113 Å². The molecule has 0 atom stereocenters. The van der Waals surface area contributed by atoms with Gasteiger partial charge >= 0.3 is 0 Å². The van der Waals surface area contributed by atoms with E-state index in [1.165, 1.54) is 62.2 Å². The molecule has 8 aromatic carbocycles. The van der Waals surface area contributed by atoms with Crippen LogP contribution in [0.1, 0.15) is 0 Å². The van der Waals surface area contributed by atoms with E-state index in [9.17, 15) is 0 Å². The molecule has 4 aromatic heterocycles. The summed E-state index contributed by atoms with van der Waals surface area (Å²) in [7, 11) is 0. The lowest BCUT2D eigenvalue weighted by Crippen LogP contribution is -2.00. The van der Waals surface area contributed by atoms with Crippen LogP contribution < -0.4 is 0 Å². The van der Waals surface area contributed by atoms with Gasteiger partial charge in [-0.05, 0) is 59.7 Å². The molecule has 6 heteroatoms. The molecule has 0 amide bonds. The second kappa shape index (κ2) is 12.8. The Hall–Kier alpha value is -6.99. The number of hydrogen-bond acceptors (Lipinski definition) is 5.